The number of nitrogens with one attached hydrogen (secondary N) is 1. The van der Waals surface area contributed by atoms with Crippen LogP contribution in [0.4, 0.5) is 5.95 Å². The summed E-state index contributed by atoms with van der Waals surface area (Å²) in [6.45, 7) is 11.4. The molecule has 0 radical (unpaired) electrons. The molecule has 20 heavy (non-hydrogen) atoms. The van der Waals surface area contributed by atoms with Gasteiger partial charge in [-0.2, -0.15) is 4.98 Å². The maximum absolute atomic E-state index is 5.44. The van der Waals surface area contributed by atoms with Crippen molar-refractivity contribution in [3.05, 3.63) is 11.8 Å². The van der Waals surface area contributed by atoms with E-state index in [4.69, 9.17) is 4.74 Å². The van der Waals surface area contributed by atoms with Gasteiger partial charge in [-0.15, -0.1) is 0 Å². The Morgan fingerprint density at radius 1 is 1.35 bits per heavy atom. The first-order valence-corrected chi connectivity index (χ1v) is 7.62. The monoisotopic (exact) mass is 278 g/mol. The van der Waals surface area contributed by atoms with E-state index >= 15 is 0 Å². The smallest absolute Gasteiger partial charge is 0.226 e. The number of anilines is 1. The van der Waals surface area contributed by atoms with E-state index in [-0.39, 0.29) is 0 Å². The maximum atomic E-state index is 5.44. The van der Waals surface area contributed by atoms with Gasteiger partial charge in [0.2, 0.25) is 11.8 Å². The second-order valence-electron chi connectivity index (χ2n) is 5.60. The fraction of sp³-hybridized carbons (Fsp3) is 0.733. The van der Waals surface area contributed by atoms with Gasteiger partial charge < -0.3 is 15.0 Å². The minimum Gasteiger partial charge on any atom is -0.478 e. The van der Waals surface area contributed by atoms with Crippen LogP contribution in [-0.4, -0.2) is 47.7 Å². The van der Waals surface area contributed by atoms with E-state index in [1.54, 1.807) is 0 Å². The normalized spacial score (nSPS) is 17.1. The number of nitrogens with zero attached hydrogens (tertiary/aromatic N) is 3. The number of rotatable bonds is 7. The summed E-state index contributed by atoms with van der Waals surface area (Å²) in [5.74, 6) is 1.91. The Bertz CT molecular complexity index is 418. The highest BCUT2D eigenvalue weighted by Gasteiger charge is 2.14. The lowest BCUT2D eigenvalue weighted by molar-refractivity contribution is 0.294. The van der Waals surface area contributed by atoms with E-state index in [0.717, 1.165) is 18.8 Å². The highest BCUT2D eigenvalue weighted by atomic mass is 16.5. The zero-order chi connectivity index (χ0) is 14.4. The first-order chi connectivity index (χ1) is 9.67. The van der Waals surface area contributed by atoms with Crippen molar-refractivity contribution < 1.29 is 4.74 Å². The molecule has 0 aliphatic carbocycles. The van der Waals surface area contributed by atoms with Crippen LogP contribution in [0.2, 0.25) is 0 Å². The Hall–Kier alpha value is -1.36. The van der Waals surface area contributed by atoms with Gasteiger partial charge in [0.25, 0.3) is 0 Å². The minimum absolute atomic E-state index is 0.591. The highest BCUT2D eigenvalue weighted by Crippen LogP contribution is 2.13. The van der Waals surface area contributed by atoms with Crippen LogP contribution < -0.4 is 10.1 Å². The quantitative estimate of drug-likeness (QED) is 0.829. The Kier molecular flexibility index (Phi) is 5.59. The number of aryl methyl sites for hydroxylation is 1. The SMILES string of the molecule is CCOc1cc(C)nc(NCC(C)CN2CCCC2)n1. The summed E-state index contributed by atoms with van der Waals surface area (Å²) in [5, 5.41) is 3.33. The van der Waals surface area contributed by atoms with Crippen LogP contribution in [0.15, 0.2) is 6.07 Å². The van der Waals surface area contributed by atoms with Gasteiger partial charge in [-0.25, -0.2) is 4.98 Å². The summed E-state index contributed by atoms with van der Waals surface area (Å²) >= 11 is 0. The second-order valence-corrected chi connectivity index (χ2v) is 5.60. The average molecular weight is 278 g/mol. The van der Waals surface area contributed by atoms with Gasteiger partial charge in [-0.3, -0.25) is 0 Å². The molecule has 2 rings (SSSR count). The fourth-order valence-electron chi connectivity index (χ4n) is 2.58. The zero-order valence-electron chi connectivity index (χ0n) is 12.9. The maximum Gasteiger partial charge on any atom is 0.226 e. The van der Waals surface area contributed by atoms with Crippen molar-refractivity contribution in [1.82, 2.24) is 14.9 Å². The third-order valence-electron chi connectivity index (χ3n) is 3.50. The molecule has 1 N–H and O–H groups in total. The predicted octanol–water partition coefficient (Wildman–Crippen LogP) is 2.33. The van der Waals surface area contributed by atoms with Crippen LogP contribution in [-0.2, 0) is 0 Å². The fourth-order valence-corrected chi connectivity index (χ4v) is 2.58. The lowest BCUT2D eigenvalue weighted by Crippen LogP contribution is -2.29. The Labute approximate surface area is 121 Å². The van der Waals surface area contributed by atoms with Crippen molar-refractivity contribution >= 4 is 5.95 Å². The molecular weight excluding hydrogens is 252 g/mol. The third kappa shape index (κ3) is 4.63. The van der Waals surface area contributed by atoms with Crippen LogP contribution in [0.25, 0.3) is 0 Å². The Morgan fingerprint density at radius 2 is 2.10 bits per heavy atom. The van der Waals surface area contributed by atoms with Gasteiger partial charge in [0.05, 0.1) is 6.61 Å². The molecule has 1 aliphatic rings. The highest BCUT2D eigenvalue weighted by molar-refractivity contribution is 5.30. The van der Waals surface area contributed by atoms with Crippen molar-refractivity contribution in [3.8, 4) is 5.88 Å². The lowest BCUT2D eigenvalue weighted by Gasteiger charge is -2.20. The summed E-state index contributed by atoms with van der Waals surface area (Å²) in [6, 6.07) is 1.86. The van der Waals surface area contributed by atoms with E-state index in [2.05, 4.69) is 27.1 Å². The predicted molar refractivity (Wildman–Crippen MR) is 81.3 cm³/mol. The van der Waals surface area contributed by atoms with Crippen LogP contribution in [0.5, 0.6) is 5.88 Å². The van der Waals surface area contributed by atoms with Crippen molar-refractivity contribution in [3.63, 3.8) is 0 Å². The molecule has 0 saturated carbocycles. The largest absolute Gasteiger partial charge is 0.478 e. The molecule has 1 fully saturated rings. The molecule has 0 bridgehead atoms. The van der Waals surface area contributed by atoms with Gasteiger partial charge >= 0.3 is 0 Å². The van der Waals surface area contributed by atoms with E-state index < -0.39 is 0 Å². The Balaban J connectivity index is 1.82. The summed E-state index contributed by atoms with van der Waals surface area (Å²) in [7, 11) is 0. The molecule has 1 aromatic rings. The van der Waals surface area contributed by atoms with Crippen LogP contribution in [0, 0.1) is 12.8 Å². The van der Waals surface area contributed by atoms with Gasteiger partial charge in [-0.05, 0) is 45.7 Å². The summed E-state index contributed by atoms with van der Waals surface area (Å²) in [6.07, 6.45) is 2.69. The molecule has 5 heteroatoms. The number of aromatic nitrogens is 2. The van der Waals surface area contributed by atoms with Crippen molar-refractivity contribution in [2.75, 3.05) is 38.1 Å². The summed E-state index contributed by atoms with van der Waals surface area (Å²) in [5.41, 5.74) is 0.929. The summed E-state index contributed by atoms with van der Waals surface area (Å²) < 4.78 is 5.44. The molecule has 1 saturated heterocycles. The molecule has 112 valence electrons. The molecule has 0 spiro atoms. The van der Waals surface area contributed by atoms with Crippen molar-refractivity contribution in [1.29, 1.82) is 0 Å². The third-order valence-corrected chi connectivity index (χ3v) is 3.50. The van der Waals surface area contributed by atoms with Gasteiger partial charge in [-0.1, -0.05) is 6.92 Å². The van der Waals surface area contributed by atoms with E-state index in [0.29, 0.717) is 24.4 Å². The zero-order valence-corrected chi connectivity index (χ0v) is 12.9. The van der Waals surface area contributed by atoms with Crippen molar-refractivity contribution in [2.45, 2.75) is 33.6 Å². The second kappa shape index (κ2) is 7.43. The average Bonchev–Trinajstić information content (AvgIpc) is 2.89. The molecular formula is C15H26N4O. The molecule has 2 heterocycles. The standard InChI is InChI=1S/C15H26N4O/c1-4-20-14-9-13(3)17-15(18-14)16-10-12(2)11-19-7-5-6-8-19/h9,12H,4-8,10-11H2,1-3H3,(H,16,17,18). The van der Waals surface area contributed by atoms with Crippen molar-refractivity contribution in [2.24, 2.45) is 5.92 Å². The first kappa shape index (κ1) is 15.0. The lowest BCUT2D eigenvalue weighted by atomic mass is 10.1. The number of hydrogen-bond acceptors (Lipinski definition) is 5. The molecule has 1 atom stereocenters. The first-order valence-electron chi connectivity index (χ1n) is 7.62. The molecule has 0 amide bonds. The van der Waals surface area contributed by atoms with E-state index in [1.165, 1.54) is 25.9 Å². The van der Waals surface area contributed by atoms with Gasteiger partial charge in [0.15, 0.2) is 0 Å². The van der Waals surface area contributed by atoms with Crippen LogP contribution in [0.3, 0.4) is 0 Å². The number of hydrogen-bond donors (Lipinski definition) is 1. The summed E-state index contributed by atoms with van der Waals surface area (Å²) in [4.78, 5) is 11.3. The van der Waals surface area contributed by atoms with Gasteiger partial charge in [0, 0.05) is 24.8 Å². The molecule has 1 aromatic heterocycles. The Morgan fingerprint density at radius 3 is 2.80 bits per heavy atom. The molecule has 1 aliphatic heterocycles. The topological polar surface area (TPSA) is 50.3 Å². The van der Waals surface area contributed by atoms with Crippen LogP contribution >= 0.6 is 0 Å². The molecule has 0 aromatic carbocycles. The van der Waals surface area contributed by atoms with E-state index in [1.807, 2.05) is 19.9 Å². The number of likely N-dealkylation sites (tertiary alicyclic amines) is 1. The van der Waals surface area contributed by atoms with Crippen LogP contribution in [0.1, 0.15) is 32.4 Å². The molecule has 5 nitrogen and oxygen atoms in total. The minimum atomic E-state index is 0.591. The molecule has 1 unspecified atom stereocenters. The van der Waals surface area contributed by atoms with Gasteiger partial charge in [0.1, 0.15) is 0 Å². The number of ether oxygens (including phenoxy) is 1. The van der Waals surface area contributed by atoms with E-state index in [9.17, 15) is 0 Å².